The molecular weight excluding hydrogens is 240 g/mol. The number of hydrogen-bond donors (Lipinski definition) is 2. The van der Waals surface area contributed by atoms with Crippen LogP contribution in [0.3, 0.4) is 0 Å². The van der Waals surface area contributed by atoms with Gasteiger partial charge in [0.1, 0.15) is 11.3 Å². The molecule has 0 unspecified atom stereocenters. The Labute approximate surface area is 106 Å². The van der Waals surface area contributed by atoms with Crippen LogP contribution < -0.4 is 11.1 Å². The van der Waals surface area contributed by atoms with Gasteiger partial charge in [0.2, 0.25) is 5.91 Å². The summed E-state index contributed by atoms with van der Waals surface area (Å²) in [4.78, 5) is 10.9. The molecule has 2 rings (SSSR count). The zero-order valence-electron chi connectivity index (χ0n) is 9.31. The van der Waals surface area contributed by atoms with Crippen LogP contribution in [0.25, 0.3) is 11.0 Å². The summed E-state index contributed by atoms with van der Waals surface area (Å²) in [5, 5.41) is 3.79. The van der Waals surface area contributed by atoms with E-state index >= 15 is 0 Å². The summed E-state index contributed by atoms with van der Waals surface area (Å²) in [7, 11) is 0. The minimum atomic E-state index is -0.142. The molecule has 0 saturated carbocycles. The van der Waals surface area contributed by atoms with E-state index < -0.39 is 0 Å². The molecule has 1 aromatic carbocycles. The SMILES string of the molecule is Cl.NCC(=O)NCCc1cc2ccccc2o1. The Morgan fingerprint density at radius 2 is 2.12 bits per heavy atom. The van der Waals surface area contributed by atoms with Gasteiger partial charge in [0, 0.05) is 18.4 Å². The average Bonchev–Trinajstić information content (AvgIpc) is 2.71. The molecule has 0 atom stereocenters. The zero-order chi connectivity index (χ0) is 11.4. The van der Waals surface area contributed by atoms with Gasteiger partial charge in [-0.3, -0.25) is 4.79 Å². The number of benzene rings is 1. The lowest BCUT2D eigenvalue weighted by Crippen LogP contribution is -2.31. The molecule has 0 radical (unpaired) electrons. The lowest BCUT2D eigenvalue weighted by atomic mass is 10.2. The molecule has 0 aliphatic carbocycles. The van der Waals surface area contributed by atoms with Crippen LogP contribution in [-0.2, 0) is 11.2 Å². The number of carbonyl (C=O) groups excluding carboxylic acids is 1. The zero-order valence-corrected chi connectivity index (χ0v) is 10.1. The number of para-hydroxylation sites is 1. The van der Waals surface area contributed by atoms with Crippen molar-refractivity contribution in [3.8, 4) is 0 Å². The number of carbonyl (C=O) groups is 1. The van der Waals surface area contributed by atoms with Gasteiger partial charge in [-0.25, -0.2) is 0 Å². The third kappa shape index (κ3) is 3.47. The smallest absolute Gasteiger partial charge is 0.233 e. The summed E-state index contributed by atoms with van der Waals surface area (Å²) in [6, 6.07) is 9.83. The van der Waals surface area contributed by atoms with Gasteiger partial charge in [0.05, 0.1) is 6.54 Å². The first-order chi connectivity index (χ1) is 7.79. The van der Waals surface area contributed by atoms with Gasteiger partial charge in [-0.2, -0.15) is 0 Å². The molecule has 1 heterocycles. The minimum absolute atomic E-state index is 0. The van der Waals surface area contributed by atoms with E-state index in [9.17, 15) is 4.79 Å². The first kappa shape index (κ1) is 13.5. The summed E-state index contributed by atoms with van der Waals surface area (Å²) in [5.41, 5.74) is 6.05. The van der Waals surface area contributed by atoms with Crippen molar-refractivity contribution in [1.82, 2.24) is 5.32 Å². The van der Waals surface area contributed by atoms with Crippen molar-refractivity contribution in [2.24, 2.45) is 5.73 Å². The molecule has 3 N–H and O–H groups in total. The highest BCUT2D eigenvalue weighted by Crippen LogP contribution is 2.18. The van der Waals surface area contributed by atoms with Crippen LogP contribution in [0.2, 0.25) is 0 Å². The highest BCUT2D eigenvalue weighted by molar-refractivity contribution is 5.85. The number of halogens is 1. The summed E-state index contributed by atoms with van der Waals surface area (Å²) < 4.78 is 5.60. The van der Waals surface area contributed by atoms with Gasteiger partial charge in [0.25, 0.3) is 0 Å². The summed E-state index contributed by atoms with van der Waals surface area (Å²) in [6.45, 7) is 0.579. The van der Waals surface area contributed by atoms with Crippen LogP contribution in [0.4, 0.5) is 0 Å². The molecule has 4 nitrogen and oxygen atoms in total. The lowest BCUT2D eigenvalue weighted by molar-refractivity contribution is -0.119. The Kier molecular flexibility index (Phi) is 5.00. The fourth-order valence-corrected chi connectivity index (χ4v) is 1.56. The van der Waals surface area contributed by atoms with Gasteiger partial charge < -0.3 is 15.5 Å². The van der Waals surface area contributed by atoms with Crippen LogP contribution in [-0.4, -0.2) is 19.0 Å². The standard InChI is InChI=1S/C12H14N2O2.ClH/c13-8-12(15)14-6-5-10-7-9-3-1-2-4-11(9)16-10;/h1-4,7H,5-6,8,13H2,(H,14,15);1H. The van der Waals surface area contributed by atoms with Gasteiger partial charge in [0.15, 0.2) is 0 Å². The van der Waals surface area contributed by atoms with Crippen molar-refractivity contribution < 1.29 is 9.21 Å². The Hall–Kier alpha value is -1.52. The topological polar surface area (TPSA) is 68.3 Å². The third-order valence-electron chi connectivity index (χ3n) is 2.36. The van der Waals surface area contributed by atoms with E-state index in [1.807, 2.05) is 30.3 Å². The van der Waals surface area contributed by atoms with E-state index in [4.69, 9.17) is 10.2 Å². The molecule has 17 heavy (non-hydrogen) atoms. The van der Waals surface area contributed by atoms with E-state index in [1.165, 1.54) is 0 Å². The predicted molar refractivity (Wildman–Crippen MR) is 69.2 cm³/mol. The Morgan fingerprint density at radius 1 is 1.35 bits per heavy atom. The van der Waals surface area contributed by atoms with E-state index in [1.54, 1.807) is 0 Å². The molecule has 0 spiro atoms. The van der Waals surface area contributed by atoms with Crippen LogP contribution >= 0.6 is 12.4 Å². The summed E-state index contributed by atoms with van der Waals surface area (Å²) in [6.07, 6.45) is 0.681. The molecule has 0 aliphatic heterocycles. The number of nitrogens with two attached hydrogens (primary N) is 1. The normalized spacial score (nSPS) is 9.94. The molecule has 0 aliphatic rings. The molecule has 5 heteroatoms. The highest BCUT2D eigenvalue weighted by atomic mass is 35.5. The van der Waals surface area contributed by atoms with Gasteiger partial charge in [-0.05, 0) is 12.1 Å². The number of rotatable bonds is 4. The first-order valence-electron chi connectivity index (χ1n) is 5.24. The highest BCUT2D eigenvalue weighted by Gasteiger charge is 2.03. The number of nitrogens with one attached hydrogen (secondary N) is 1. The van der Waals surface area contributed by atoms with Crippen LogP contribution in [0.1, 0.15) is 5.76 Å². The largest absolute Gasteiger partial charge is 0.461 e. The van der Waals surface area contributed by atoms with Gasteiger partial charge in [-0.15, -0.1) is 12.4 Å². The molecule has 2 aromatic rings. The van der Waals surface area contributed by atoms with Crippen LogP contribution in [0.15, 0.2) is 34.7 Å². The number of fused-ring (bicyclic) bond motifs is 1. The van der Waals surface area contributed by atoms with Crippen LogP contribution in [0.5, 0.6) is 0 Å². The lowest BCUT2D eigenvalue weighted by Gasteiger charge is -2.00. The van der Waals surface area contributed by atoms with Gasteiger partial charge in [-0.1, -0.05) is 18.2 Å². The Bertz CT molecular complexity index is 463. The molecule has 0 fully saturated rings. The van der Waals surface area contributed by atoms with Crippen molar-refractivity contribution in [2.45, 2.75) is 6.42 Å². The van der Waals surface area contributed by atoms with E-state index in [0.29, 0.717) is 13.0 Å². The fraction of sp³-hybridized carbons (Fsp3) is 0.250. The third-order valence-corrected chi connectivity index (χ3v) is 2.36. The maximum absolute atomic E-state index is 10.9. The summed E-state index contributed by atoms with van der Waals surface area (Å²) >= 11 is 0. The molecule has 0 bridgehead atoms. The van der Waals surface area contributed by atoms with Crippen LogP contribution in [0, 0.1) is 0 Å². The van der Waals surface area contributed by atoms with E-state index in [0.717, 1.165) is 16.7 Å². The predicted octanol–water partition coefficient (Wildman–Crippen LogP) is 1.47. The van der Waals surface area contributed by atoms with Crippen molar-refractivity contribution >= 4 is 29.3 Å². The van der Waals surface area contributed by atoms with E-state index in [-0.39, 0.29) is 24.9 Å². The monoisotopic (exact) mass is 254 g/mol. The second kappa shape index (κ2) is 6.27. The quantitative estimate of drug-likeness (QED) is 0.868. The minimum Gasteiger partial charge on any atom is -0.461 e. The molecule has 92 valence electrons. The maximum atomic E-state index is 10.9. The second-order valence-corrected chi connectivity index (χ2v) is 3.55. The Balaban J connectivity index is 0.00000144. The molecule has 1 amide bonds. The second-order valence-electron chi connectivity index (χ2n) is 3.55. The molecular formula is C12H15ClN2O2. The summed E-state index contributed by atoms with van der Waals surface area (Å²) in [5.74, 6) is 0.731. The Morgan fingerprint density at radius 3 is 2.82 bits per heavy atom. The maximum Gasteiger partial charge on any atom is 0.233 e. The number of hydrogen-bond acceptors (Lipinski definition) is 3. The van der Waals surface area contributed by atoms with E-state index in [2.05, 4.69) is 5.32 Å². The molecule has 1 aromatic heterocycles. The molecule has 0 saturated heterocycles. The number of furan rings is 1. The average molecular weight is 255 g/mol. The van der Waals surface area contributed by atoms with Gasteiger partial charge >= 0.3 is 0 Å². The van der Waals surface area contributed by atoms with Crippen molar-refractivity contribution in [2.75, 3.05) is 13.1 Å². The fourth-order valence-electron chi connectivity index (χ4n) is 1.56. The first-order valence-corrected chi connectivity index (χ1v) is 5.24. The van der Waals surface area contributed by atoms with Crippen molar-refractivity contribution in [3.63, 3.8) is 0 Å². The van der Waals surface area contributed by atoms with Crippen molar-refractivity contribution in [1.29, 1.82) is 0 Å². The van der Waals surface area contributed by atoms with Crippen molar-refractivity contribution in [3.05, 3.63) is 36.1 Å². The number of amides is 1.